The lowest BCUT2D eigenvalue weighted by atomic mass is 10.1. The number of benzene rings is 2. The van der Waals surface area contributed by atoms with Crippen LogP contribution in [0.3, 0.4) is 0 Å². The van der Waals surface area contributed by atoms with Gasteiger partial charge in [0.25, 0.3) is 5.91 Å². The van der Waals surface area contributed by atoms with Crippen molar-refractivity contribution in [3.8, 4) is 0 Å². The highest BCUT2D eigenvalue weighted by molar-refractivity contribution is 6.00. The van der Waals surface area contributed by atoms with Crippen LogP contribution >= 0.6 is 0 Å². The van der Waals surface area contributed by atoms with Gasteiger partial charge >= 0.3 is 0 Å². The van der Waals surface area contributed by atoms with E-state index in [-0.39, 0.29) is 11.3 Å². The van der Waals surface area contributed by atoms with Gasteiger partial charge in [-0.1, -0.05) is 30.3 Å². The van der Waals surface area contributed by atoms with Gasteiger partial charge in [-0.15, -0.1) is 0 Å². The molecule has 0 radical (unpaired) electrons. The Bertz CT molecular complexity index is 784. The maximum atomic E-state index is 14.6. The first-order chi connectivity index (χ1) is 12.0. The first-order valence-electron chi connectivity index (χ1n) is 8.20. The molecule has 0 atom stereocenters. The summed E-state index contributed by atoms with van der Waals surface area (Å²) in [5.74, 6) is -1.01. The van der Waals surface area contributed by atoms with Gasteiger partial charge in [0.2, 0.25) is 0 Å². The molecule has 0 bridgehead atoms. The van der Waals surface area contributed by atoms with Gasteiger partial charge in [-0.2, -0.15) is 0 Å². The van der Waals surface area contributed by atoms with Crippen LogP contribution in [0.25, 0.3) is 0 Å². The van der Waals surface area contributed by atoms with Gasteiger partial charge in [0.15, 0.2) is 0 Å². The van der Waals surface area contributed by atoms with Crippen molar-refractivity contribution >= 4 is 23.5 Å². The fourth-order valence-corrected chi connectivity index (χ4v) is 2.83. The molecule has 0 unspecified atom stereocenters. The second-order valence-electron chi connectivity index (χ2n) is 6.14. The van der Waals surface area contributed by atoms with Crippen molar-refractivity contribution in [2.24, 2.45) is 10.7 Å². The third-order valence-electron chi connectivity index (χ3n) is 4.33. The zero-order chi connectivity index (χ0) is 17.8. The summed E-state index contributed by atoms with van der Waals surface area (Å²) < 4.78 is 14.6. The third kappa shape index (κ3) is 4.03. The summed E-state index contributed by atoms with van der Waals surface area (Å²) in [4.78, 5) is 20.2. The summed E-state index contributed by atoms with van der Waals surface area (Å²) in [5, 5.41) is 0. The molecular formula is C19H21FN4O. The van der Waals surface area contributed by atoms with E-state index in [0.29, 0.717) is 18.8 Å². The van der Waals surface area contributed by atoms with Crippen molar-refractivity contribution in [3.63, 3.8) is 0 Å². The van der Waals surface area contributed by atoms with Crippen LogP contribution in [0.5, 0.6) is 0 Å². The summed E-state index contributed by atoms with van der Waals surface area (Å²) >= 11 is 0. The highest BCUT2D eigenvalue weighted by Crippen LogP contribution is 2.29. The quantitative estimate of drug-likeness (QED) is 0.870. The van der Waals surface area contributed by atoms with Gasteiger partial charge in [0.05, 0.1) is 16.9 Å². The van der Waals surface area contributed by atoms with E-state index < -0.39 is 11.7 Å². The molecule has 3 rings (SSSR count). The van der Waals surface area contributed by atoms with Crippen LogP contribution in [-0.4, -0.2) is 50.2 Å². The maximum absolute atomic E-state index is 14.6. The number of likely N-dealkylation sites (N-methyl/N-ethyl adjacent to an activating group) is 1. The van der Waals surface area contributed by atoms with Crippen LogP contribution < -0.4 is 10.6 Å². The normalized spacial score (nSPS) is 15.7. The smallest absolute Gasteiger partial charge is 0.250 e. The first-order valence-corrected chi connectivity index (χ1v) is 8.20. The van der Waals surface area contributed by atoms with E-state index >= 15 is 0 Å². The molecule has 5 nitrogen and oxygen atoms in total. The number of hydrogen-bond acceptors (Lipinski definition) is 4. The Morgan fingerprint density at radius 3 is 2.48 bits per heavy atom. The Morgan fingerprint density at radius 1 is 1.16 bits per heavy atom. The fourth-order valence-electron chi connectivity index (χ4n) is 2.83. The molecule has 0 spiro atoms. The predicted octanol–water partition coefficient (Wildman–Crippen LogP) is 2.43. The Labute approximate surface area is 146 Å². The zero-order valence-electron chi connectivity index (χ0n) is 14.2. The molecule has 1 aliphatic heterocycles. The minimum Gasteiger partial charge on any atom is -0.367 e. The molecule has 1 aliphatic rings. The summed E-state index contributed by atoms with van der Waals surface area (Å²) in [6.07, 6.45) is 1.59. The van der Waals surface area contributed by atoms with Crippen LogP contribution in [0.4, 0.5) is 15.8 Å². The molecule has 2 aromatic carbocycles. The number of primary amides is 1. The number of piperazine rings is 1. The van der Waals surface area contributed by atoms with Crippen LogP contribution in [0, 0.1) is 5.82 Å². The van der Waals surface area contributed by atoms with Crippen LogP contribution in [0.2, 0.25) is 0 Å². The summed E-state index contributed by atoms with van der Waals surface area (Å²) in [7, 11) is 2.03. The summed E-state index contributed by atoms with van der Waals surface area (Å²) in [6, 6.07) is 12.2. The average molecular weight is 340 g/mol. The van der Waals surface area contributed by atoms with Gasteiger partial charge in [0, 0.05) is 38.5 Å². The number of amides is 1. The molecule has 25 heavy (non-hydrogen) atoms. The molecule has 2 aromatic rings. The molecule has 1 saturated heterocycles. The number of hydrogen-bond donors (Lipinski definition) is 1. The Kier molecular flexibility index (Phi) is 5.09. The zero-order valence-corrected chi connectivity index (χ0v) is 14.2. The highest BCUT2D eigenvalue weighted by Gasteiger charge is 2.20. The summed E-state index contributed by atoms with van der Waals surface area (Å²) in [5.41, 5.74) is 7.22. The van der Waals surface area contributed by atoms with E-state index in [4.69, 9.17) is 5.73 Å². The molecule has 0 aliphatic carbocycles. The van der Waals surface area contributed by atoms with E-state index in [0.717, 1.165) is 18.7 Å². The largest absolute Gasteiger partial charge is 0.367 e. The second-order valence-corrected chi connectivity index (χ2v) is 6.14. The number of carbonyl (C=O) groups is 1. The molecule has 1 heterocycles. The number of aliphatic imine (C=N–C) groups is 1. The van der Waals surface area contributed by atoms with E-state index in [1.807, 2.05) is 42.3 Å². The number of nitrogens with two attached hydrogens (primary N) is 1. The number of halogens is 1. The van der Waals surface area contributed by atoms with Gasteiger partial charge in [0.1, 0.15) is 5.82 Å². The van der Waals surface area contributed by atoms with E-state index in [2.05, 4.69) is 9.89 Å². The Hall–Kier alpha value is -2.73. The van der Waals surface area contributed by atoms with E-state index in [9.17, 15) is 9.18 Å². The minimum atomic E-state index is -0.615. The van der Waals surface area contributed by atoms with Crippen LogP contribution in [0.1, 0.15) is 15.9 Å². The molecule has 6 heteroatoms. The number of carbonyl (C=O) groups excluding carboxylic acids is 1. The average Bonchev–Trinajstić information content (AvgIpc) is 2.61. The van der Waals surface area contributed by atoms with Gasteiger partial charge in [-0.05, 0) is 18.7 Å². The first kappa shape index (κ1) is 17.1. The number of anilines is 1. The van der Waals surface area contributed by atoms with Crippen LogP contribution in [0.15, 0.2) is 47.5 Å². The van der Waals surface area contributed by atoms with Gasteiger partial charge in [-0.25, -0.2) is 4.39 Å². The lowest BCUT2D eigenvalue weighted by Gasteiger charge is -2.34. The topological polar surface area (TPSA) is 61.9 Å². The highest BCUT2D eigenvalue weighted by atomic mass is 19.1. The lowest BCUT2D eigenvalue weighted by molar-refractivity contribution is 0.100. The van der Waals surface area contributed by atoms with E-state index in [1.165, 1.54) is 12.1 Å². The minimum absolute atomic E-state index is 0.225. The maximum Gasteiger partial charge on any atom is 0.250 e. The predicted molar refractivity (Wildman–Crippen MR) is 98.3 cm³/mol. The molecule has 0 aromatic heterocycles. The van der Waals surface area contributed by atoms with Crippen molar-refractivity contribution in [1.29, 1.82) is 0 Å². The standard InChI is InChI=1S/C19H21FN4O/c1-23-7-9-24(10-8-23)18-11-15(19(21)25)17(12-16(18)20)22-13-14-5-3-2-4-6-14/h2-6,11-13H,7-10H2,1H3,(H2,21,25). The monoisotopic (exact) mass is 340 g/mol. The van der Waals surface area contributed by atoms with Crippen molar-refractivity contribution in [1.82, 2.24) is 4.90 Å². The third-order valence-corrected chi connectivity index (χ3v) is 4.33. The molecule has 2 N–H and O–H groups in total. The van der Waals surface area contributed by atoms with Crippen molar-refractivity contribution in [2.75, 3.05) is 38.1 Å². The van der Waals surface area contributed by atoms with Gasteiger partial charge in [-0.3, -0.25) is 9.79 Å². The van der Waals surface area contributed by atoms with Crippen LogP contribution in [-0.2, 0) is 0 Å². The van der Waals surface area contributed by atoms with Crippen molar-refractivity contribution in [3.05, 3.63) is 59.4 Å². The lowest BCUT2D eigenvalue weighted by Crippen LogP contribution is -2.44. The Balaban J connectivity index is 1.93. The fraction of sp³-hybridized carbons (Fsp3) is 0.263. The van der Waals surface area contributed by atoms with Crippen molar-refractivity contribution < 1.29 is 9.18 Å². The number of nitrogens with zero attached hydrogens (tertiary/aromatic N) is 3. The molecule has 130 valence electrons. The molecule has 1 fully saturated rings. The SMILES string of the molecule is CN1CCN(c2cc(C(N)=O)c(N=Cc3ccccc3)cc2F)CC1. The van der Waals surface area contributed by atoms with Gasteiger partial charge < -0.3 is 15.5 Å². The van der Waals surface area contributed by atoms with E-state index in [1.54, 1.807) is 6.21 Å². The molecule has 1 amide bonds. The number of rotatable bonds is 4. The molecule has 0 saturated carbocycles. The second kappa shape index (κ2) is 7.44. The Morgan fingerprint density at radius 2 is 1.84 bits per heavy atom. The summed E-state index contributed by atoms with van der Waals surface area (Å²) in [6.45, 7) is 3.11. The van der Waals surface area contributed by atoms with Crippen molar-refractivity contribution in [2.45, 2.75) is 0 Å². The molecular weight excluding hydrogens is 319 g/mol.